The SMILES string of the molecule is CCOc1ccc(C(=O)CSc2nnc(N3CCCC3)s2)cc1. The molecule has 23 heavy (non-hydrogen) atoms. The number of carbonyl (C=O) groups is 1. The van der Waals surface area contributed by atoms with Crippen LogP contribution < -0.4 is 9.64 Å². The van der Waals surface area contributed by atoms with Crippen molar-refractivity contribution >= 4 is 34.0 Å². The minimum absolute atomic E-state index is 0.0935. The Kier molecular flexibility index (Phi) is 5.51. The molecule has 2 heterocycles. The molecule has 0 spiro atoms. The number of rotatable bonds is 7. The standard InChI is InChI=1S/C16H19N3O2S2/c1-2-21-13-7-5-12(6-8-13)14(20)11-22-16-18-17-15(23-16)19-9-3-4-10-19/h5-8H,2-4,9-11H2,1H3. The molecule has 0 bridgehead atoms. The number of carbonyl (C=O) groups excluding carboxylic acids is 1. The molecule has 1 aromatic heterocycles. The summed E-state index contributed by atoms with van der Waals surface area (Å²) in [5.41, 5.74) is 0.699. The molecule has 0 unspecified atom stereocenters. The van der Waals surface area contributed by atoms with Crippen LogP contribution in [0.3, 0.4) is 0 Å². The fraction of sp³-hybridized carbons (Fsp3) is 0.438. The summed E-state index contributed by atoms with van der Waals surface area (Å²) in [5.74, 6) is 1.26. The summed E-state index contributed by atoms with van der Waals surface area (Å²) in [6.07, 6.45) is 2.44. The fourth-order valence-corrected chi connectivity index (χ4v) is 4.20. The first-order chi connectivity index (χ1) is 11.3. The quantitative estimate of drug-likeness (QED) is 0.563. The van der Waals surface area contributed by atoms with Gasteiger partial charge in [-0.2, -0.15) is 0 Å². The van der Waals surface area contributed by atoms with E-state index in [1.54, 1.807) is 11.3 Å². The highest BCUT2D eigenvalue weighted by molar-refractivity contribution is 8.01. The highest BCUT2D eigenvalue weighted by Gasteiger charge is 2.17. The van der Waals surface area contributed by atoms with Crippen molar-refractivity contribution < 1.29 is 9.53 Å². The maximum atomic E-state index is 12.2. The Labute approximate surface area is 144 Å². The average molecular weight is 349 g/mol. The van der Waals surface area contributed by atoms with Crippen LogP contribution in [0, 0.1) is 0 Å². The Morgan fingerprint density at radius 2 is 2.00 bits per heavy atom. The molecule has 3 rings (SSSR count). The van der Waals surface area contributed by atoms with E-state index in [4.69, 9.17) is 4.74 Å². The maximum absolute atomic E-state index is 12.2. The van der Waals surface area contributed by atoms with Crippen LogP contribution >= 0.6 is 23.1 Å². The number of Topliss-reactive ketones (excluding diaryl/α,β-unsaturated/α-hetero) is 1. The summed E-state index contributed by atoms with van der Waals surface area (Å²) in [6.45, 7) is 4.68. The predicted octanol–water partition coefficient (Wildman–Crippen LogP) is 3.51. The minimum atomic E-state index is 0.0935. The molecule has 1 fully saturated rings. The maximum Gasteiger partial charge on any atom is 0.209 e. The molecular formula is C16H19N3O2S2. The number of thioether (sulfide) groups is 1. The van der Waals surface area contributed by atoms with Crippen LogP contribution in [0.1, 0.15) is 30.1 Å². The van der Waals surface area contributed by atoms with Gasteiger partial charge in [0, 0.05) is 18.7 Å². The molecule has 122 valence electrons. The average Bonchev–Trinajstić information content (AvgIpc) is 3.25. The van der Waals surface area contributed by atoms with E-state index in [2.05, 4.69) is 15.1 Å². The van der Waals surface area contributed by atoms with Crippen LogP contribution in [0.15, 0.2) is 28.6 Å². The number of hydrogen-bond acceptors (Lipinski definition) is 7. The molecule has 0 saturated carbocycles. The third-order valence-electron chi connectivity index (χ3n) is 3.59. The van der Waals surface area contributed by atoms with Crippen molar-refractivity contribution in [2.24, 2.45) is 0 Å². The molecule has 0 amide bonds. The smallest absolute Gasteiger partial charge is 0.209 e. The monoisotopic (exact) mass is 349 g/mol. The van der Waals surface area contributed by atoms with Gasteiger partial charge in [0.25, 0.3) is 0 Å². The van der Waals surface area contributed by atoms with Gasteiger partial charge in [-0.05, 0) is 44.0 Å². The molecule has 1 aliphatic rings. The predicted molar refractivity (Wildman–Crippen MR) is 94.0 cm³/mol. The Bertz CT molecular complexity index is 652. The minimum Gasteiger partial charge on any atom is -0.494 e. The van der Waals surface area contributed by atoms with Gasteiger partial charge >= 0.3 is 0 Å². The number of aromatic nitrogens is 2. The van der Waals surface area contributed by atoms with Gasteiger partial charge in [-0.3, -0.25) is 4.79 Å². The second-order valence-corrected chi connectivity index (χ2v) is 7.39. The van der Waals surface area contributed by atoms with Gasteiger partial charge in [-0.25, -0.2) is 0 Å². The zero-order chi connectivity index (χ0) is 16.1. The Morgan fingerprint density at radius 1 is 1.26 bits per heavy atom. The summed E-state index contributed by atoms with van der Waals surface area (Å²) >= 11 is 3.03. The van der Waals surface area contributed by atoms with Gasteiger partial charge in [0.1, 0.15) is 5.75 Å². The Balaban J connectivity index is 1.54. The second-order valence-electron chi connectivity index (χ2n) is 5.21. The van der Waals surface area contributed by atoms with E-state index in [1.807, 2.05) is 31.2 Å². The van der Waals surface area contributed by atoms with Crippen LogP contribution in [0.2, 0.25) is 0 Å². The number of nitrogens with zero attached hydrogens (tertiary/aromatic N) is 3. The summed E-state index contributed by atoms with van der Waals surface area (Å²) in [4.78, 5) is 14.5. The summed E-state index contributed by atoms with van der Waals surface area (Å²) in [7, 11) is 0. The van der Waals surface area contributed by atoms with E-state index in [0.717, 1.165) is 28.3 Å². The first-order valence-electron chi connectivity index (χ1n) is 7.73. The lowest BCUT2D eigenvalue weighted by atomic mass is 10.1. The topological polar surface area (TPSA) is 55.3 Å². The normalized spacial score (nSPS) is 14.2. The van der Waals surface area contributed by atoms with Crippen molar-refractivity contribution in [3.8, 4) is 5.75 Å². The molecule has 1 aliphatic heterocycles. The van der Waals surface area contributed by atoms with Gasteiger partial charge < -0.3 is 9.64 Å². The Hall–Kier alpha value is -1.60. The van der Waals surface area contributed by atoms with Gasteiger partial charge in [-0.15, -0.1) is 10.2 Å². The van der Waals surface area contributed by atoms with Gasteiger partial charge in [0.05, 0.1) is 12.4 Å². The van der Waals surface area contributed by atoms with E-state index in [9.17, 15) is 4.79 Å². The van der Waals surface area contributed by atoms with Crippen LogP contribution in [0.25, 0.3) is 0 Å². The molecule has 1 aromatic carbocycles. The van der Waals surface area contributed by atoms with E-state index in [-0.39, 0.29) is 5.78 Å². The first-order valence-corrected chi connectivity index (χ1v) is 9.54. The lowest BCUT2D eigenvalue weighted by Crippen LogP contribution is -2.17. The third-order valence-corrected chi connectivity index (χ3v) is 5.70. The molecule has 0 N–H and O–H groups in total. The van der Waals surface area contributed by atoms with E-state index < -0.39 is 0 Å². The zero-order valence-electron chi connectivity index (χ0n) is 13.0. The van der Waals surface area contributed by atoms with Crippen LogP contribution in [0.4, 0.5) is 5.13 Å². The molecule has 0 aliphatic carbocycles. The molecule has 0 radical (unpaired) electrons. The largest absolute Gasteiger partial charge is 0.494 e. The van der Waals surface area contributed by atoms with Crippen molar-refractivity contribution in [1.82, 2.24) is 10.2 Å². The van der Waals surface area contributed by atoms with Gasteiger partial charge in [-0.1, -0.05) is 23.1 Å². The van der Waals surface area contributed by atoms with Gasteiger partial charge in [0.15, 0.2) is 10.1 Å². The van der Waals surface area contributed by atoms with Crippen molar-refractivity contribution in [2.45, 2.75) is 24.1 Å². The number of ketones is 1. The van der Waals surface area contributed by atoms with E-state index >= 15 is 0 Å². The number of anilines is 1. The van der Waals surface area contributed by atoms with Crippen LogP contribution in [-0.2, 0) is 0 Å². The van der Waals surface area contributed by atoms with E-state index in [0.29, 0.717) is 17.9 Å². The van der Waals surface area contributed by atoms with Crippen molar-refractivity contribution in [2.75, 3.05) is 30.3 Å². The number of hydrogen-bond donors (Lipinski definition) is 0. The first kappa shape index (κ1) is 16.3. The van der Waals surface area contributed by atoms with Crippen LogP contribution in [-0.4, -0.2) is 41.4 Å². The summed E-state index contributed by atoms with van der Waals surface area (Å²) < 4.78 is 6.24. The van der Waals surface area contributed by atoms with Crippen LogP contribution in [0.5, 0.6) is 5.75 Å². The lowest BCUT2D eigenvalue weighted by molar-refractivity contribution is 0.102. The van der Waals surface area contributed by atoms with Crippen molar-refractivity contribution in [3.63, 3.8) is 0 Å². The van der Waals surface area contributed by atoms with Crippen molar-refractivity contribution in [3.05, 3.63) is 29.8 Å². The Morgan fingerprint density at radius 3 is 2.70 bits per heavy atom. The molecule has 0 atom stereocenters. The van der Waals surface area contributed by atoms with Gasteiger partial charge in [0.2, 0.25) is 5.13 Å². The molecule has 1 saturated heterocycles. The number of ether oxygens (including phenoxy) is 1. The summed E-state index contributed by atoms with van der Waals surface area (Å²) in [5, 5.41) is 9.38. The third kappa shape index (κ3) is 4.23. The molecule has 5 nitrogen and oxygen atoms in total. The molecule has 2 aromatic rings. The fourth-order valence-electron chi connectivity index (χ4n) is 2.41. The van der Waals surface area contributed by atoms with Crippen molar-refractivity contribution in [1.29, 1.82) is 0 Å². The zero-order valence-corrected chi connectivity index (χ0v) is 14.7. The second kappa shape index (κ2) is 7.79. The summed E-state index contributed by atoms with van der Waals surface area (Å²) in [6, 6.07) is 7.28. The highest BCUT2D eigenvalue weighted by Crippen LogP contribution is 2.30. The molecular weight excluding hydrogens is 330 g/mol. The highest BCUT2D eigenvalue weighted by atomic mass is 32.2. The number of benzene rings is 1. The van der Waals surface area contributed by atoms with E-state index in [1.165, 1.54) is 24.6 Å². The lowest BCUT2D eigenvalue weighted by Gasteiger charge is -2.10. The molecule has 7 heteroatoms.